The molecule has 3 aromatic rings. The molecule has 0 spiro atoms. The molecule has 4 rings (SSSR count). The highest BCUT2D eigenvalue weighted by Gasteiger charge is 2.34. The summed E-state index contributed by atoms with van der Waals surface area (Å²) in [7, 11) is 0. The fourth-order valence-electron chi connectivity index (χ4n) is 3.14. The number of halogens is 4. The van der Waals surface area contributed by atoms with Gasteiger partial charge < -0.3 is 5.32 Å². The number of rotatable bonds is 2. The van der Waals surface area contributed by atoms with Crippen molar-refractivity contribution < 1.29 is 22.4 Å². The molecule has 1 aliphatic rings. The molecule has 0 bridgehead atoms. The van der Waals surface area contributed by atoms with Gasteiger partial charge in [0.1, 0.15) is 35.4 Å². The summed E-state index contributed by atoms with van der Waals surface area (Å²) < 4.78 is 57.1. The van der Waals surface area contributed by atoms with E-state index in [2.05, 4.69) is 10.3 Å². The van der Waals surface area contributed by atoms with Crippen LogP contribution in [0.25, 0.3) is 5.69 Å². The molecule has 2 aromatic carbocycles. The van der Waals surface area contributed by atoms with E-state index in [1.165, 1.54) is 12.4 Å². The zero-order valence-electron chi connectivity index (χ0n) is 13.1. The van der Waals surface area contributed by atoms with Gasteiger partial charge >= 0.3 is 0 Å². The van der Waals surface area contributed by atoms with Crippen LogP contribution in [0.4, 0.5) is 23.4 Å². The molecule has 0 saturated heterocycles. The molecule has 1 atom stereocenters. The number of anilines is 1. The van der Waals surface area contributed by atoms with Crippen LogP contribution in [0.2, 0.25) is 0 Å². The van der Waals surface area contributed by atoms with Crippen molar-refractivity contribution in [2.75, 3.05) is 5.32 Å². The lowest BCUT2D eigenvalue weighted by molar-refractivity contribution is -0.116. The molecule has 1 N–H and O–H groups in total. The fourth-order valence-corrected chi connectivity index (χ4v) is 3.14. The predicted octanol–water partition coefficient (Wildman–Crippen LogP) is 3.90. The Morgan fingerprint density at radius 3 is 2.50 bits per heavy atom. The van der Waals surface area contributed by atoms with Gasteiger partial charge in [-0.2, -0.15) is 0 Å². The van der Waals surface area contributed by atoms with E-state index in [9.17, 15) is 22.4 Å². The van der Waals surface area contributed by atoms with Crippen LogP contribution in [0.1, 0.15) is 23.6 Å². The minimum absolute atomic E-state index is 0.0541. The fraction of sp³-hybridized carbons (Fsp3) is 0.111. The van der Waals surface area contributed by atoms with Crippen molar-refractivity contribution in [3.8, 4) is 5.69 Å². The summed E-state index contributed by atoms with van der Waals surface area (Å²) in [6, 6.07) is 6.24. The van der Waals surface area contributed by atoms with Gasteiger partial charge in [-0.15, -0.1) is 0 Å². The van der Waals surface area contributed by atoms with Gasteiger partial charge in [-0.1, -0.05) is 6.07 Å². The molecular weight excluding hydrogens is 350 g/mol. The van der Waals surface area contributed by atoms with E-state index >= 15 is 0 Å². The summed E-state index contributed by atoms with van der Waals surface area (Å²) in [5.74, 6) is -4.45. The lowest BCUT2D eigenvalue weighted by atomic mass is 9.89. The average Bonchev–Trinajstić information content (AvgIpc) is 3.00. The van der Waals surface area contributed by atoms with Crippen LogP contribution in [0, 0.1) is 23.3 Å². The maximum Gasteiger partial charge on any atom is 0.226 e. The lowest BCUT2D eigenvalue weighted by Crippen LogP contribution is -2.26. The summed E-state index contributed by atoms with van der Waals surface area (Å²) in [6.07, 6.45) is 0.966. The monoisotopic (exact) mass is 361 g/mol. The van der Waals surface area contributed by atoms with Crippen molar-refractivity contribution in [2.24, 2.45) is 0 Å². The third kappa shape index (κ3) is 2.54. The number of hydrogen-bond acceptors (Lipinski definition) is 2. The number of imidazole rings is 1. The number of aromatic nitrogens is 2. The largest absolute Gasteiger partial charge is 0.310 e. The molecule has 2 heterocycles. The quantitative estimate of drug-likeness (QED) is 0.704. The SMILES string of the molecule is O=C1C[C@H](c2c(F)cccc2F)c2ncn(-c3cc(F)ccc3F)c2N1. The van der Waals surface area contributed by atoms with Crippen LogP contribution in [0.15, 0.2) is 42.7 Å². The first-order chi connectivity index (χ1) is 12.5. The van der Waals surface area contributed by atoms with Gasteiger partial charge in [0, 0.05) is 24.0 Å². The van der Waals surface area contributed by atoms with Crippen LogP contribution in [-0.2, 0) is 4.79 Å². The number of amides is 1. The van der Waals surface area contributed by atoms with Crippen molar-refractivity contribution in [1.82, 2.24) is 9.55 Å². The molecule has 1 aliphatic heterocycles. The normalized spacial score (nSPS) is 16.3. The molecule has 0 aliphatic carbocycles. The average molecular weight is 361 g/mol. The molecule has 1 amide bonds. The van der Waals surface area contributed by atoms with Crippen LogP contribution in [0.5, 0.6) is 0 Å². The van der Waals surface area contributed by atoms with Gasteiger partial charge in [0.2, 0.25) is 5.91 Å². The van der Waals surface area contributed by atoms with E-state index < -0.39 is 35.1 Å². The van der Waals surface area contributed by atoms with E-state index in [1.54, 1.807) is 0 Å². The Bertz CT molecular complexity index is 1010. The van der Waals surface area contributed by atoms with Crippen molar-refractivity contribution in [3.05, 3.63) is 77.3 Å². The molecule has 0 fully saturated rings. The van der Waals surface area contributed by atoms with Crippen LogP contribution >= 0.6 is 0 Å². The zero-order chi connectivity index (χ0) is 18.4. The minimum Gasteiger partial charge on any atom is -0.310 e. The standard InChI is InChI=1S/C18H11F4N3O/c19-9-4-5-11(20)14(6-9)25-8-23-17-10(7-15(26)24-18(17)25)16-12(21)2-1-3-13(16)22/h1-6,8,10H,7H2,(H,24,26)/t10-/m1/s1. The van der Waals surface area contributed by atoms with Gasteiger partial charge in [-0.25, -0.2) is 22.5 Å². The highest BCUT2D eigenvalue weighted by molar-refractivity contribution is 5.94. The number of hydrogen-bond donors (Lipinski definition) is 1. The third-order valence-corrected chi connectivity index (χ3v) is 4.29. The predicted molar refractivity (Wildman–Crippen MR) is 84.9 cm³/mol. The van der Waals surface area contributed by atoms with Crippen LogP contribution in [0.3, 0.4) is 0 Å². The number of fused-ring (bicyclic) bond motifs is 1. The summed E-state index contributed by atoms with van der Waals surface area (Å²) in [4.78, 5) is 16.2. The number of carbonyl (C=O) groups is 1. The highest BCUT2D eigenvalue weighted by Crippen LogP contribution is 2.39. The van der Waals surface area contributed by atoms with Gasteiger partial charge in [-0.3, -0.25) is 9.36 Å². The van der Waals surface area contributed by atoms with Crippen molar-refractivity contribution in [1.29, 1.82) is 0 Å². The van der Waals surface area contributed by atoms with Gasteiger partial charge in [0.05, 0.1) is 11.4 Å². The Morgan fingerprint density at radius 2 is 1.77 bits per heavy atom. The van der Waals surface area contributed by atoms with Gasteiger partial charge in [0.15, 0.2) is 0 Å². The smallest absolute Gasteiger partial charge is 0.226 e. The Kier molecular flexibility index (Phi) is 3.75. The molecule has 132 valence electrons. The summed E-state index contributed by atoms with van der Waals surface area (Å²) in [6.45, 7) is 0. The second-order valence-corrected chi connectivity index (χ2v) is 5.88. The molecule has 0 radical (unpaired) electrons. The van der Waals surface area contributed by atoms with Gasteiger partial charge in [-0.05, 0) is 24.3 Å². The van der Waals surface area contributed by atoms with Crippen LogP contribution in [-0.4, -0.2) is 15.5 Å². The van der Waals surface area contributed by atoms with Gasteiger partial charge in [0.25, 0.3) is 0 Å². The van der Waals surface area contributed by atoms with Crippen molar-refractivity contribution >= 4 is 11.7 Å². The zero-order valence-corrected chi connectivity index (χ0v) is 13.1. The Labute approximate surface area is 145 Å². The van der Waals surface area contributed by atoms with E-state index in [0.717, 1.165) is 34.9 Å². The lowest BCUT2D eigenvalue weighted by Gasteiger charge is -2.24. The molecule has 8 heteroatoms. The first kappa shape index (κ1) is 16.3. The second kappa shape index (κ2) is 5.98. The van der Waals surface area contributed by atoms with E-state index in [1.807, 2.05) is 0 Å². The second-order valence-electron chi connectivity index (χ2n) is 5.88. The molecule has 0 saturated carbocycles. The molecule has 0 unspecified atom stereocenters. The number of nitrogens with zero attached hydrogens (tertiary/aromatic N) is 2. The molecular formula is C18H11F4N3O. The molecule has 1 aromatic heterocycles. The molecule has 26 heavy (non-hydrogen) atoms. The Morgan fingerprint density at radius 1 is 1.04 bits per heavy atom. The number of benzene rings is 2. The van der Waals surface area contributed by atoms with E-state index in [0.29, 0.717) is 0 Å². The minimum atomic E-state index is -0.974. The highest BCUT2D eigenvalue weighted by atomic mass is 19.1. The van der Waals surface area contributed by atoms with Crippen molar-refractivity contribution in [3.63, 3.8) is 0 Å². The first-order valence-corrected chi connectivity index (χ1v) is 7.72. The Hall–Kier alpha value is -3.16. The summed E-state index contributed by atoms with van der Waals surface area (Å²) in [5.41, 5.74) is -0.278. The van der Waals surface area contributed by atoms with Crippen molar-refractivity contribution in [2.45, 2.75) is 12.3 Å². The summed E-state index contributed by atoms with van der Waals surface area (Å²) >= 11 is 0. The number of nitrogens with one attached hydrogen (secondary N) is 1. The molecule has 4 nitrogen and oxygen atoms in total. The maximum absolute atomic E-state index is 14.2. The number of carbonyl (C=O) groups excluding carboxylic acids is 1. The Balaban J connectivity index is 1.90. The van der Waals surface area contributed by atoms with E-state index in [-0.39, 0.29) is 29.2 Å². The summed E-state index contributed by atoms with van der Waals surface area (Å²) in [5, 5.41) is 2.52. The van der Waals surface area contributed by atoms with Crippen LogP contribution < -0.4 is 5.32 Å². The third-order valence-electron chi connectivity index (χ3n) is 4.29. The topological polar surface area (TPSA) is 46.9 Å². The van der Waals surface area contributed by atoms with E-state index in [4.69, 9.17) is 0 Å². The first-order valence-electron chi connectivity index (χ1n) is 7.72. The maximum atomic E-state index is 14.2.